The van der Waals surface area contributed by atoms with Crippen LogP contribution in [0.1, 0.15) is 374 Å². The molecule has 0 radical (unpaired) electrons. The minimum Gasteiger partial charge on any atom is -0.462 e. The summed E-state index contributed by atoms with van der Waals surface area (Å²) in [6.07, 6.45) is 80.4. The van der Waals surface area contributed by atoms with Crippen LogP contribution < -0.4 is 0 Å². The molecule has 0 aliphatic heterocycles. The Kier molecular flexibility index (Phi) is 63.1. The van der Waals surface area contributed by atoms with Gasteiger partial charge in [0.2, 0.25) is 0 Å². The summed E-state index contributed by atoms with van der Waals surface area (Å²) in [5.74, 6) is -0.879. The van der Waals surface area contributed by atoms with Gasteiger partial charge in [-0.25, -0.2) is 0 Å². The molecule has 6 heteroatoms. The fraction of sp³-hybridized carbons (Fsp3) is 0.871. The number of hydrogen-bond acceptors (Lipinski definition) is 6. The van der Waals surface area contributed by atoms with Gasteiger partial charge in [-0.3, -0.25) is 14.4 Å². The van der Waals surface area contributed by atoms with Crippen molar-refractivity contribution in [3.8, 4) is 0 Å². The van der Waals surface area contributed by atoms with E-state index >= 15 is 0 Å². The summed E-state index contributed by atoms with van der Waals surface area (Å²) in [5, 5.41) is 0. The highest BCUT2D eigenvalue weighted by Crippen LogP contribution is 2.18. The zero-order valence-corrected chi connectivity index (χ0v) is 51.3. The summed E-state index contributed by atoms with van der Waals surface area (Å²) in [5.41, 5.74) is 0. The lowest BCUT2D eigenvalue weighted by atomic mass is 10.0. The second-order valence-corrected chi connectivity index (χ2v) is 23.1. The van der Waals surface area contributed by atoms with Crippen molar-refractivity contribution in [3.05, 3.63) is 36.5 Å². The van der Waals surface area contributed by atoms with Crippen LogP contribution in [-0.4, -0.2) is 37.2 Å². The summed E-state index contributed by atoms with van der Waals surface area (Å²) >= 11 is 0. The Morgan fingerprint density at radius 1 is 0.263 bits per heavy atom. The van der Waals surface area contributed by atoms with Gasteiger partial charge in [0.05, 0.1) is 0 Å². The highest BCUT2D eigenvalue weighted by atomic mass is 16.6. The Morgan fingerprint density at radius 3 is 0.789 bits per heavy atom. The molecule has 446 valence electrons. The molecule has 0 aromatic heterocycles. The van der Waals surface area contributed by atoms with Crippen molar-refractivity contribution in [1.82, 2.24) is 0 Å². The van der Waals surface area contributed by atoms with E-state index in [-0.39, 0.29) is 31.1 Å². The topological polar surface area (TPSA) is 78.9 Å². The molecule has 0 rings (SSSR count). The smallest absolute Gasteiger partial charge is 0.306 e. The van der Waals surface area contributed by atoms with Gasteiger partial charge in [0, 0.05) is 19.3 Å². The summed E-state index contributed by atoms with van der Waals surface area (Å²) in [6.45, 7) is 6.62. The van der Waals surface area contributed by atoms with Gasteiger partial charge in [0.1, 0.15) is 13.2 Å². The first-order chi connectivity index (χ1) is 37.5. The Bertz CT molecular complexity index is 1270. The quantitative estimate of drug-likeness (QED) is 0.0261. The minimum absolute atomic E-state index is 0.0767. The number of carbonyl (C=O) groups is 3. The van der Waals surface area contributed by atoms with Gasteiger partial charge in [-0.05, 0) is 70.6 Å². The minimum atomic E-state index is -0.781. The van der Waals surface area contributed by atoms with E-state index in [0.29, 0.717) is 19.3 Å². The molecule has 1 unspecified atom stereocenters. The van der Waals surface area contributed by atoms with Crippen LogP contribution in [0, 0.1) is 0 Å². The third-order valence-corrected chi connectivity index (χ3v) is 15.4. The van der Waals surface area contributed by atoms with Crippen molar-refractivity contribution >= 4 is 17.9 Å². The number of unbranched alkanes of at least 4 members (excludes halogenated alkanes) is 46. The lowest BCUT2D eigenvalue weighted by Gasteiger charge is -2.18. The molecule has 0 aromatic carbocycles. The van der Waals surface area contributed by atoms with Crippen LogP contribution in [0.15, 0.2) is 36.5 Å². The molecule has 0 aromatic rings. The molecule has 0 aliphatic carbocycles. The van der Waals surface area contributed by atoms with Gasteiger partial charge < -0.3 is 14.2 Å². The van der Waals surface area contributed by atoms with E-state index in [9.17, 15) is 14.4 Å². The molecule has 0 spiro atoms. The monoisotopic (exact) mass is 1070 g/mol. The second kappa shape index (κ2) is 65.2. The zero-order valence-electron chi connectivity index (χ0n) is 51.3. The van der Waals surface area contributed by atoms with Crippen LogP contribution in [0.5, 0.6) is 0 Å². The molecule has 0 bridgehead atoms. The lowest BCUT2D eigenvalue weighted by Crippen LogP contribution is -2.30. The van der Waals surface area contributed by atoms with Crippen LogP contribution in [-0.2, 0) is 28.6 Å². The average molecular weight is 1070 g/mol. The van der Waals surface area contributed by atoms with Crippen LogP contribution in [0.2, 0.25) is 0 Å². The van der Waals surface area contributed by atoms with Crippen molar-refractivity contribution < 1.29 is 28.6 Å². The molecule has 0 amide bonds. The van der Waals surface area contributed by atoms with Crippen molar-refractivity contribution in [2.75, 3.05) is 13.2 Å². The van der Waals surface area contributed by atoms with Crippen LogP contribution in [0.4, 0.5) is 0 Å². The molecule has 0 N–H and O–H groups in total. The Hall–Kier alpha value is -2.37. The van der Waals surface area contributed by atoms with E-state index in [2.05, 4.69) is 57.2 Å². The van der Waals surface area contributed by atoms with Crippen molar-refractivity contribution in [3.63, 3.8) is 0 Å². The van der Waals surface area contributed by atoms with E-state index in [1.807, 2.05) is 0 Å². The molecule has 1 atom stereocenters. The maximum atomic E-state index is 12.9. The van der Waals surface area contributed by atoms with Gasteiger partial charge in [0.15, 0.2) is 6.10 Å². The first-order valence-electron chi connectivity index (χ1n) is 34.0. The van der Waals surface area contributed by atoms with Gasteiger partial charge in [0.25, 0.3) is 0 Å². The van der Waals surface area contributed by atoms with E-state index in [1.165, 1.54) is 244 Å². The fourth-order valence-electron chi connectivity index (χ4n) is 10.2. The molecular formula is C70H130O6. The molecule has 0 saturated heterocycles. The Balaban J connectivity index is 4.10. The number of rotatable bonds is 63. The highest BCUT2D eigenvalue weighted by Gasteiger charge is 2.19. The normalized spacial score (nSPS) is 12.2. The maximum Gasteiger partial charge on any atom is 0.306 e. The first-order valence-corrected chi connectivity index (χ1v) is 34.0. The average Bonchev–Trinajstić information content (AvgIpc) is 3.42. The lowest BCUT2D eigenvalue weighted by molar-refractivity contribution is -0.167. The van der Waals surface area contributed by atoms with Crippen LogP contribution in [0.3, 0.4) is 0 Å². The molecule has 0 saturated carbocycles. The van der Waals surface area contributed by atoms with Gasteiger partial charge in [-0.15, -0.1) is 0 Å². The molecular weight excluding hydrogens is 937 g/mol. The highest BCUT2D eigenvalue weighted by molar-refractivity contribution is 5.71. The molecule has 0 heterocycles. The summed E-state index contributed by atoms with van der Waals surface area (Å²) in [6, 6.07) is 0. The first kappa shape index (κ1) is 73.6. The van der Waals surface area contributed by atoms with Crippen molar-refractivity contribution in [2.45, 2.75) is 380 Å². The SMILES string of the molecule is CCCC/C=C\C/C=C\CCCCCCCC(=O)OC(COC(=O)CCCCCCC/C=C\CCCCCC)COC(=O)CCCCCCCCCCCCCCCCCCCCCCCCCCCCCCCCC. The Morgan fingerprint density at radius 2 is 0.487 bits per heavy atom. The molecule has 0 aliphatic rings. The maximum absolute atomic E-state index is 12.9. The summed E-state index contributed by atoms with van der Waals surface area (Å²) < 4.78 is 16.9. The second-order valence-electron chi connectivity index (χ2n) is 23.1. The number of hydrogen-bond donors (Lipinski definition) is 0. The Labute approximate surface area is 474 Å². The predicted molar refractivity (Wildman–Crippen MR) is 330 cm³/mol. The largest absolute Gasteiger partial charge is 0.462 e. The van der Waals surface area contributed by atoms with E-state index in [0.717, 1.165) is 89.9 Å². The van der Waals surface area contributed by atoms with E-state index in [1.54, 1.807) is 0 Å². The molecule has 6 nitrogen and oxygen atoms in total. The predicted octanol–water partition coefficient (Wildman–Crippen LogP) is 23.2. The van der Waals surface area contributed by atoms with Crippen LogP contribution >= 0.6 is 0 Å². The number of carbonyl (C=O) groups excluding carboxylic acids is 3. The number of allylic oxidation sites excluding steroid dienone is 6. The zero-order chi connectivity index (χ0) is 55.0. The summed E-state index contributed by atoms with van der Waals surface area (Å²) in [7, 11) is 0. The van der Waals surface area contributed by atoms with Crippen molar-refractivity contribution in [1.29, 1.82) is 0 Å². The standard InChI is InChI=1S/C70H130O6/c1-4-7-10-13-16-19-22-25-27-28-29-30-31-32-33-34-35-36-37-38-39-40-41-42-43-46-48-51-54-57-60-63-69(72)75-66-67(65-74-68(71)62-59-56-53-50-47-44-24-21-18-15-12-9-6-3)76-70(73)64-61-58-55-52-49-45-26-23-20-17-14-11-8-5-2/h14,17,21,23-24,26,67H,4-13,15-16,18-20,22,25,27-66H2,1-3H3/b17-14-,24-21-,26-23-. The van der Waals surface area contributed by atoms with Crippen LogP contribution in [0.25, 0.3) is 0 Å². The van der Waals surface area contributed by atoms with E-state index in [4.69, 9.17) is 14.2 Å². The molecule has 76 heavy (non-hydrogen) atoms. The van der Waals surface area contributed by atoms with Crippen molar-refractivity contribution in [2.24, 2.45) is 0 Å². The number of ether oxygens (including phenoxy) is 3. The van der Waals surface area contributed by atoms with Gasteiger partial charge in [-0.1, -0.05) is 320 Å². The molecule has 0 fully saturated rings. The fourth-order valence-corrected chi connectivity index (χ4v) is 10.2. The van der Waals surface area contributed by atoms with E-state index < -0.39 is 6.10 Å². The third-order valence-electron chi connectivity index (χ3n) is 15.4. The summed E-state index contributed by atoms with van der Waals surface area (Å²) in [4.78, 5) is 38.2. The van der Waals surface area contributed by atoms with Gasteiger partial charge >= 0.3 is 17.9 Å². The third kappa shape index (κ3) is 62.5. The number of esters is 3. The van der Waals surface area contributed by atoms with Gasteiger partial charge in [-0.2, -0.15) is 0 Å².